The average molecular weight is 381 g/mol. The first-order valence-electron chi connectivity index (χ1n) is 4.99. The molecule has 0 amide bonds. The standard InChI is InChI=1S/C8H11.C6H7.Pt/c1-6-4-5-7(2)8(6)3;1-6-4-2-3-5-6;/h4-5H,1-3H3;2-5H,1H3;/q2*-1;+2. The van der Waals surface area contributed by atoms with Crippen LogP contribution < -0.4 is 0 Å². The van der Waals surface area contributed by atoms with Gasteiger partial charge in [0.1, 0.15) is 0 Å². The summed E-state index contributed by atoms with van der Waals surface area (Å²) in [7, 11) is 0. The van der Waals surface area contributed by atoms with E-state index in [1.165, 1.54) is 22.3 Å². The summed E-state index contributed by atoms with van der Waals surface area (Å²) >= 11 is 0. The maximum absolute atomic E-state index is 2.16. The monoisotopic (exact) mass is 381 g/mol. The molecule has 0 saturated carbocycles. The fraction of sp³-hybridized carbons (Fsp3) is 0.286. The Bertz CT molecular complexity index is 346. The molecular weight excluding hydrogens is 363 g/mol. The van der Waals surface area contributed by atoms with Crippen molar-refractivity contribution in [2.45, 2.75) is 27.7 Å². The van der Waals surface area contributed by atoms with Crippen molar-refractivity contribution in [1.82, 2.24) is 0 Å². The SMILES string of the molecule is C[c-]1cccc1.Cc1cc[c-](C)c1C.[Pt+2]. The fourth-order valence-electron chi connectivity index (χ4n) is 1.28. The second-order valence-electron chi connectivity index (χ2n) is 3.79. The zero-order valence-electron chi connectivity index (χ0n) is 9.78. The third-order valence-corrected chi connectivity index (χ3v) is 2.60. The van der Waals surface area contributed by atoms with Gasteiger partial charge in [-0.15, -0.1) is 0 Å². The molecule has 15 heavy (non-hydrogen) atoms. The second-order valence-corrected chi connectivity index (χ2v) is 3.79. The topological polar surface area (TPSA) is 0 Å². The van der Waals surface area contributed by atoms with Gasteiger partial charge in [0.25, 0.3) is 0 Å². The Morgan fingerprint density at radius 3 is 1.60 bits per heavy atom. The zero-order valence-corrected chi connectivity index (χ0v) is 12.1. The summed E-state index contributed by atoms with van der Waals surface area (Å²) in [6, 6.07) is 12.6. The first-order chi connectivity index (χ1) is 6.61. The number of hydrogen-bond acceptors (Lipinski definition) is 0. The first kappa shape index (κ1) is 14.4. The van der Waals surface area contributed by atoms with E-state index in [0.29, 0.717) is 0 Å². The van der Waals surface area contributed by atoms with Gasteiger partial charge in [0.05, 0.1) is 0 Å². The van der Waals surface area contributed by atoms with Crippen LogP contribution in [0.4, 0.5) is 0 Å². The van der Waals surface area contributed by atoms with E-state index in [0.717, 1.165) is 0 Å². The Labute approximate surface area is 107 Å². The predicted octanol–water partition coefficient (Wildman–Crippen LogP) is 4.04. The molecule has 0 fully saturated rings. The molecule has 0 N–H and O–H groups in total. The van der Waals surface area contributed by atoms with Crippen LogP contribution in [-0.4, -0.2) is 0 Å². The Morgan fingerprint density at radius 1 is 0.933 bits per heavy atom. The zero-order chi connectivity index (χ0) is 10.6. The number of hydrogen-bond donors (Lipinski definition) is 0. The summed E-state index contributed by atoms with van der Waals surface area (Å²) in [5, 5.41) is 0. The molecule has 0 atom stereocenters. The summed E-state index contributed by atoms with van der Waals surface area (Å²) in [4.78, 5) is 0. The van der Waals surface area contributed by atoms with Gasteiger partial charge in [0.2, 0.25) is 0 Å². The molecule has 0 radical (unpaired) electrons. The minimum absolute atomic E-state index is 0. The molecule has 0 bridgehead atoms. The van der Waals surface area contributed by atoms with Gasteiger partial charge in [0.15, 0.2) is 0 Å². The molecular formula is C14H18Pt. The van der Waals surface area contributed by atoms with Gasteiger partial charge >= 0.3 is 21.1 Å². The normalized spacial score (nSPS) is 8.80. The largest absolute Gasteiger partial charge is 2.00 e. The molecule has 0 nitrogen and oxygen atoms in total. The molecule has 0 aliphatic carbocycles. The molecule has 0 spiro atoms. The van der Waals surface area contributed by atoms with Crippen molar-refractivity contribution in [2.24, 2.45) is 0 Å². The Hall–Kier alpha value is -0.612. The van der Waals surface area contributed by atoms with Crippen molar-refractivity contribution in [1.29, 1.82) is 0 Å². The Balaban J connectivity index is 0.000000253. The molecule has 0 unspecified atom stereocenters. The molecule has 0 saturated heterocycles. The summed E-state index contributed by atoms with van der Waals surface area (Å²) in [5.74, 6) is 0. The van der Waals surface area contributed by atoms with Crippen LogP contribution >= 0.6 is 0 Å². The van der Waals surface area contributed by atoms with Crippen LogP contribution in [0.3, 0.4) is 0 Å². The van der Waals surface area contributed by atoms with Crippen molar-refractivity contribution in [3.8, 4) is 0 Å². The van der Waals surface area contributed by atoms with Crippen molar-refractivity contribution < 1.29 is 21.1 Å². The van der Waals surface area contributed by atoms with E-state index in [1.54, 1.807) is 0 Å². The van der Waals surface area contributed by atoms with E-state index in [2.05, 4.69) is 52.0 Å². The summed E-state index contributed by atoms with van der Waals surface area (Å²) < 4.78 is 0. The average Bonchev–Trinajstić information content (AvgIpc) is 2.73. The van der Waals surface area contributed by atoms with Gasteiger partial charge < -0.3 is 0 Å². The minimum Gasteiger partial charge on any atom is -0.213 e. The third kappa shape index (κ3) is 4.62. The predicted molar refractivity (Wildman–Crippen MR) is 63.0 cm³/mol. The molecule has 0 aromatic heterocycles. The van der Waals surface area contributed by atoms with Crippen LogP contribution in [0.15, 0.2) is 36.4 Å². The van der Waals surface area contributed by atoms with E-state index < -0.39 is 0 Å². The maximum atomic E-state index is 2.16. The number of aryl methyl sites for hydroxylation is 3. The van der Waals surface area contributed by atoms with Gasteiger partial charge in [-0.1, -0.05) is 27.7 Å². The van der Waals surface area contributed by atoms with Gasteiger partial charge in [-0.05, 0) is 0 Å². The Morgan fingerprint density at radius 2 is 1.47 bits per heavy atom. The van der Waals surface area contributed by atoms with Crippen LogP contribution in [0.25, 0.3) is 0 Å². The molecule has 1 heteroatoms. The van der Waals surface area contributed by atoms with Gasteiger partial charge in [0, 0.05) is 0 Å². The van der Waals surface area contributed by atoms with Crippen LogP contribution in [0.2, 0.25) is 0 Å². The molecule has 0 aliphatic heterocycles. The van der Waals surface area contributed by atoms with E-state index in [9.17, 15) is 0 Å². The summed E-state index contributed by atoms with van der Waals surface area (Å²) in [6.45, 7) is 8.52. The second kappa shape index (κ2) is 6.80. The molecule has 0 aliphatic rings. The minimum atomic E-state index is 0. The van der Waals surface area contributed by atoms with Crippen LogP contribution in [-0.2, 0) is 21.1 Å². The van der Waals surface area contributed by atoms with Crippen LogP contribution in [0, 0.1) is 27.7 Å². The summed E-state index contributed by atoms with van der Waals surface area (Å²) in [5.41, 5.74) is 5.59. The van der Waals surface area contributed by atoms with E-state index in [1.807, 2.05) is 12.1 Å². The van der Waals surface area contributed by atoms with Crippen molar-refractivity contribution in [2.75, 3.05) is 0 Å². The van der Waals surface area contributed by atoms with Gasteiger partial charge in [-0.2, -0.15) is 40.5 Å². The van der Waals surface area contributed by atoms with E-state index in [4.69, 9.17) is 0 Å². The molecule has 2 aromatic carbocycles. The fourth-order valence-corrected chi connectivity index (χ4v) is 1.28. The van der Waals surface area contributed by atoms with Crippen LogP contribution in [0.1, 0.15) is 22.3 Å². The molecule has 0 heterocycles. The van der Waals surface area contributed by atoms with Crippen LogP contribution in [0.5, 0.6) is 0 Å². The Kier molecular flexibility index (Phi) is 6.52. The summed E-state index contributed by atoms with van der Waals surface area (Å²) in [6.07, 6.45) is 0. The molecule has 2 aromatic rings. The van der Waals surface area contributed by atoms with Crippen molar-refractivity contribution in [3.05, 3.63) is 58.7 Å². The van der Waals surface area contributed by atoms with Crippen molar-refractivity contribution >= 4 is 0 Å². The first-order valence-corrected chi connectivity index (χ1v) is 4.99. The smallest absolute Gasteiger partial charge is 0.213 e. The molecule has 84 valence electrons. The number of rotatable bonds is 0. The third-order valence-electron chi connectivity index (χ3n) is 2.60. The van der Waals surface area contributed by atoms with Gasteiger partial charge in [-0.25, -0.2) is 18.2 Å². The van der Waals surface area contributed by atoms with E-state index in [-0.39, 0.29) is 21.1 Å². The van der Waals surface area contributed by atoms with Gasteiger partial charge in [-0.3, -0.25) is 0 Å². The quantitative estimate of drug-likeness (QED) is 0.605. The molecule has 2 rings (SSSR count). The van der Waals surface area contributed by atoms with Crippen molar-refractivity contribution in [3.63, 3.8) is 0 Å². The van der Waals surface area contributed by atoms with E-state index >= 15 is 0 Å². The maximum Gasteiger partial charge on any atom is 2.00 e.